The first kappa shape index (κ1) is 22.6. The van der Waals surface area contributed by atoms with Crippen LogP contribution in [0.15, 0.2) is 46.1 Å². The quantitative estimate of drug-likeness (QED) is 0.282. The molecule has 9 heteroatoms. The van der Waals surface area contributed by atoms with Gasteiger partial charge in [-0.25, -0.2) is 13.4 Å². The molecule has 1 fully saturated rings. The summed E-state index contributed by atoms with van der Waals surface area (Å²) in [5.41, 5.74) is 3.16. The van der Waals surface area contributed by atoms with Gasteiger partial charge in [-0.3, -0.25) is 9.62 Å². The maximum Gasteiger partial charge on any atom is 0.271 e. The zero-order valence-electron chi connectivity index (χ0n) is 18.8. The molecule has 0 atom stereocenters. The minimum absolute atomic E-state index is 0.430. The predicted octanol–water partition coefficient (Wildman–Crippen LogP) is 5.95. The number of nitrogens with one attached hydrogen (secondary N) is 2. The average molecular weight is 501 g/mol. The predicted molar refractivity (Wildman–Crippen MR) is 138 cm³/mol. The van der Waals surface area contributed by atoms with E-state index in [1.807, 2.05) is 41.9 Å². The van der Waals surface area contributed by atoms with Crippen LogP contribution in [0.2, 0.25) is 0 Å². The average Bonchev–Trinajstić information content (AvgIpc) is 3.19. The Morgan fingerprint density at radius 1 is 1.21 bits per heavy atom. The highest BCUT2D eigenvalue weighted by Crippen LogP contribution is 2.37. The molecule has 0 spiro atoms. The number of nitrogens with zero attached hydrogens (tertiary/aromatic N) is 2. The molecule has 2 N–H and O–H groups in total. The Kier molecular flexibility index (Phi) is 6.30. The van der Waals surface area contributed by atoms with Gasteiger partial charge in [-0.15, -0.1) is 22.7 Å². The van der Waals surface area contributed by atoms with Gasteiger partial charge in [-0.2, -0.15) is 0 Å². The summed E-state index contributed by atoms with van der Waals surface area (Å²) >= 11 is 2.96. The number of anilines is 1. The van der Waals surface area contributed by atoms with Crippen LogP contribution in [0.25, 0.3) is 21.6 Å². The molecule has 1 aromatic carbocycles. The highest BCUT2D eigenvalue weighted by Gasteiger charge is 2.27. The molecular formula is C24H28N4O2S3. The van der Waals surface area contributed by atoms with Gasteiger partial charge in [0, 0.05) is 23.0 Å². The lowest BCUT2D eigenvalue weighted by Crippen LogP contribution is -2.21. The molecule has 174 valence electrons. The number of rotatable bonds is 10. The number of fused-ring (bicyclic) bond motifs is 1. The van der Waals surface area contributed by atoms with E-state index in [2.05, 4.69) is 33.4 Å². The van der Waals surface area contributed by atoms with E-state index in [4.69, 9.17) is 0 Å². The van der Waals surface area contributed by atoms with Crippen molar-refractivity contribution in [3.8, 4) is 10.7 Å². The highest BCUT2D eigenvalue weighted by molar-refractivity contribution is 7.94. The molecule has 1 aliphatic rings. The van der Waals surface area contributed by atoms with E-state index >= 15 is 0 Å². The van der Waals surface area contributed by atoms with Crippen molar-refractivity contribution < 1.29 is 8.42 Å². The van der Waals surface area contributed by atoms with Gasteiger partial charge in [0.1, 0.15) is 9.22 Å². The summed E-state index contributed by atoms with van der Waals surface area (Å²) in [6, 6.07) is 9.66. The maximum absolute atomic E-state index is 13.2. The molecule has 0 bridgehead atoms. The summed E-state index contributed by atoms with van der Waals surface area (Å²) in [5, 5.41) is 3.74. The summed E-state index contributed by atoms with van der Waals surface area (Å²) in [5.74, 6) is 0.632. The van der Waals surface area contributed by atoms with Crippen molar-refractivity contribution in [3.05, 3.63) is 52.3 Å². The van der Waals surface area contributed by atoms with E-state index in [1.165, 1.54) is 29.1 Å². The van der Waals surface area contributed by atoms with Crippen LogP contribution in [-0.4, -0.2) is 36.4 Å². The number of aromatic amines is 1. The second-order valence-corrected chi connectivity index (χ2v) is 12.4. The van der Waals surface area contributed by atoms with E-state index < -0.39 is 10.0 Å². The number of benzene rings is 1. The monoisotopic (exact) mass is 500 g/mol. The molecule has 0 saturated heterocycles. The Hall–Kier alpha value is -2.20. The number of sulfonamides is 1. The van der Waals surface area contributed by atoms with E-state index in [1.54, 1.807) is 11.3 Å². The molecule has 0 unspecified atom stereocenters. The minimum Gasteiger partial charge on any atom is -0.351 e. The van der Waals surface area contributed by atoms with Gasteiger partial charge in [-0.05, 0) is 67.4 Å². The second kappa shape index (κ2) is 9.21. The van der Waals surface area contributed by atoms with Gasteiger partial charge in [0.05, 0.1) is 16.9 Å². The number of aromatic nitrogens is 2. The minimum atomic E-state index is -3.65. The Labute approximate surface area is 202 Å². The van der Waals surface area contributed by atoms with Crippen molar-refractivity contribution in [1.82, 2.24) is 14.9 Å². The molecule has 1 saturated carbocycles. The van der Waals surface area contributed by atoms with Crippen LogP contribution in [0, 0.1) is 5.92 Å². The van der Waals surface area contributed by atoms with Gasteiger partial charge in [-0.1, -0.05) is 26.0 Å². The Bertz CT molecular complexity index is 1360. The first-order chi connectivity index (χ1) is 16.0. The molecule has 0 radical (unpaired) electrons. The van der Waals surface area contributed by atoms with E-state index in [0.717, 1.165) is 53.2 Å². The number of para-hydroxylation sites is 1. The molecule has 4 aromatic rings. The third-order valence-electron chi connectivity index (χ3n) is 6.11. The lowest BCUT2D eigenvalue weighted by atomic mass is 10.2. The summed E-state index contributed by atoms with van der Waals surface area (Å²) in [6.45, 7) is 7.23. The van der Waals surface area contributed by atoms with Crippen LogP contribution in [0.5, 0.6) is 0 Å². The van der Waals surface area contributed by atoms with Crippen LogP contribution in [0.3, 0.4) is 0 Å². The Balaban J connectivity index is 1.42. The highest BCUT2D eigenvalue weighted by atomic mass is 32.2. The molecule has 1 aliphatic carbocycles. The van der Waals surface area contributed by atoms with Gasteiger partial charge < -0.3 is 4.98 Å². The van der Waals surface area contributed by atoms with Crippen molar-refractivity contribution in [1.29, 1.82) is 0 Å². The first-order valence-corrected chi connectivity index (χ1v) is 14.5. The van der Waals surface area contributed by atoms with E-state index in [9.17, 15) is 8.42 Å². The number of thiazole rings is 1. The van der Waals surface area contributed by atoms with Crippen molar-refractivity contribution in [2.45, 2.75) is 43.9 Å². The van der Waals surface area contributed by atoms with E-state index in [-0.39, 0.29) is 0 Å². The van der Waals surface area contributed by atoms with E-state index in [0.29, 0.717) is 15.8 Å². The molecule has 3 aromatic heterocycles. The van der Waals surface area contributed by atoms with Crippen molar-refractivity contribution >= 4 is 49.3 Å². The molecule has 33 heavy (non-hydrogen) atoms. The lowest BCUT2D eigenvalue weighted by Gasteiger charge is -2.15. The molecule has 6 nitrogen and oxygen atoms in total. The fourth-order valence-electron chi connectivity index (χ4n) is 4.06. The van der Waals surface area contributed by atoms with Gasteiger partial charge >= 0.3 is 0 Å². The standard InChI is InChI=1S/C24H28N4O2S3/c1-3-28(4-2)15-19-14-25-23(32-19)21-13-17-6-5-7-20(22(17)26-21)27-33(29,30)24-18(10-11-31-24)12-16-8-9-16/h5-7,10-11,13-14,16,26-27H,3-4,8-9,12,15H2,1-2H3. The fourth-order valence-corrected chi connectivity index (χ4v) is 7.49. The van der Waals surface area contributed by atoms with Gasteiger partial charge in [0.25, 0.3) is 10.0 Å². The molecule has 3 heterocycles. The third-order valence-corrected chi connectivity index (χ3v) is 10.1. The van der Waals surface area contributed by atoms with Crippen molar-refractivity contribution in [3.63, 3.8) is 0 Å². The Morgan fingerprint density at radius 2 is 2.03 bits per heavy atom. The summed E-state index contributed by atoms with van der Waals surface area (Å²) in [7, 11) is -3.65. The lowest BCUT2D eigenvalue weighted by molar-refractivity contribution is 0.298. The third kappa shape index (κ3) is 4.87. The van der Waals surface area contributed by atoms with Crippen LogP contribution >= 0.6 is 22.7 Å². The number of hydrogen-bond donors (Lipinski definition) is 2. The summed E-state index contributed by atoms with van der Waals surface area (Å²) < 4.78 is 29.7. The zero-order chi connectivity index (χ0) is 23.0. The van der Waals surface area contributed by atoms with Crippen LogP contribution in [0.4, 0.5) is 5.69 Å². The van der Waals surface area contributed by atoms with Crippen molar-refractivity contribution in [2.75, 3.05) is 17.8 Å². The van der Waals surface area contributed by atoms with Crippen molar-refractivity contribution in [2.24, 2.45) is 5.92 Å². The van der Waals surface area contributed by atoms with Crippen LogP contribution in [-0.2, 0) is 23.0 Å². The molecule has 0 amide bonds. The molecule has 5 rings (SSSR count). The zero-order valence-corrected chi connectivity index (χ0v) is 21.2. The Morgan fingerprint density at radius 3 is 2.79 bits per heavy atom. The van der Waals surface area contributed by atoms with Crippen LogP contribution < -0.4 is 4.72 Å². The number of hydrogen-bond acceptors (Lipinski definition) is 6. The number of H-pyrrole nitrogens is 1. The summed E-state index contributed by atoms with van der Waals surface area (Å²) in [6.07, 6.45) is 5.17. The normalized spacial score (nSPS) is 14.4. The molecule has 0 aliphatic heterocycles. The fraction of sp³-hybridized carbons (Fsp3) is 0.375. The largest absolute Gasteiger partial charge is 0.351 e. The molecular weight excluding hydrogens is 472 g/mol. The maximum atomic E-state index is 13.2. The number of thiophene rings is 1. The van der Waals surface area contributed by atoms with Crippen LogP contribution in [0.1, 0.15) is 37.1 Å². The van der Waals surface area contributed by atoms with Gasteiger partial charge in [0.15, 0.2) is 0 Å². The topological polar surface area (TPSA) is 78.1 Å². The smallest absolute Gasteiger partial charge is 0.271 e. The summed E-state index contributed by atoms with van der Waals surface area (Å²) in [4.78, 5) is 11.6. The SMILES string of the molecule is CCN(CC)Cc1cnc(-c2cc3cccc(NS(=O)(=O)c4sccc4CC4CC4)c3[nH]2)s1. The van der Waals surface area contributed by atoms with Gasteiger partial charge in [0.2, 0.25) is 0 Å². The second-order valence-electron chi connectivity index (χ2n) is 8.53. The first-order valence-electron chi connectivity index (χ1n) is 11.3.